The van der Waals surface area contributed by atoms with Crippen LogP contribution in [0.15, 0.2) is 28.7 Å². The molecule has 0 aromatic heterocycles. The molecule has 0 radical (unpaired) electrons. The van der Waals surface area contributed by atoms with Crippen molar-refractivity contribution >= 4 is 21.8 Å². The standard InChI is InChI=1S/C14H18BrNO2/c15-13-4-1-3-12(9-13)14(17)16-7-2-8-18-10-11-5-6-11/h1,3-4,9,11H,2,5-8,10H2,(H,16,17). The zero-order valence-electron chi connectivity index (χ0n) is 10.3. The van der Waals surface area contributed by atoms with E-state index in [1.54, 1.807) is 0 Å². The van der Waals surface area contributed by atoms with Crippen LogP contribution >= 0.6 is 15.9 Å². The zero-order valence-corrected chi connectivity index (χ0v) is 11.9. The average Bonchev–Trinajstić information content (AvgIpc) is 3.17. The summed E-state index contributed by atoms with van der Waals surface area (Å²) in [5.41, 5.74) is 0.684. The van der Waals surface area contributed by atoms with Crippen LogP contribution in [0.3, 0.4) is 0 Å². The molecule has 1 amide bonds. The lowest BCUT2D eigenvalue weighted by atomic mass is 10.2. The van der Waals surface area contributed by atoms with E-state index in [2.05, 4.69) is 21.2 Å². The van der Waals surface area contributed by atoms with Crippen LogP contribution in [0, 0.1) is 5.92 Å². The van der Waals surface area contributed by atoms with Gasteiger partial charge in [-0.2, -0.15) is 0 Å². The van der Waals surface area contributed by atoms with Gasteiger partial charge in [-0.1, -0.05) is 22.0 Å². The van der Waals surface area contributed by atoms with E-state index in [0.717, 1.165) is 30.0 Å². The van der Waals surface area contributed by atoms with E-state index in [-0.39, 0.29) is 5.91 Å². The highest BCUT2D eigenvalue weighted by molar-refractivity contribution is 9.10. The Hall–Kier alpha value is -0.870. The van der Waals surface area contributed by atoms with Crippen molar-refractivity contribution < 1.29 is 9.53 Å². The Bertz CT molecular complexity index is 405. The molecular weight excluding hydrogens is 294 g/mol. The quantitative estimate of drug-likeness (QED) is 0.786. The van der Waals surface area contributed by atoms with Gasteiger partial charge in [0.05, 0.1) is 0 Å². The molecule has 1 fully saturated rings. The molecule has 0 heterocycles. The summed E-state index contributed by atoms with van der Waals surface area (Å²) in [6.45, 7) is 2.28. The number of nitrogens with one attached hydrogen (secondary N) is 1. The predicted octanol–water partition coefficient (Wildman–Crippen LogP) is 3.00. The molecule has 1 aromatic rings. The van der Waals surface area contributed by atoms with Crippen molar-refractivity contribution in [1.82, 2.24) is 5.32 Å². The van der Waals surface area contributed by atoms with E-state index < -0.39 is 0 Å². The van der Waals surface area contributed by atoms with E-state index in [4.69, 9.17) is 4.74 Å². The van der Waals surface area contributed by atoms with Crippen LogP contribution in [0.1, 0.15) is 29.6 Å². The van der Waals surface area contributed by atoms with Gasteiger partial charge in [0.2, 0.25) is 0 Å². The second-order valence-electron chi connectivity index (χ2n) is 4.64. The van der Waals surface area contributed by atoms with Crippen LogP contribution in [0.4, 0.5) is 0 Å². The molecule has 0 spiro atoms. The summed E-state index contributed by atoms with van der Waals surface area (Å²) in [4.78, 5) is 11.8. The first kappa shape index (κ1) is 13.6. The van der Waals surface area contributed by atoms with Crippen LogP contribution in [-0.4, -0.2) is 25.7 Å². The van der Waals surface area contributed by atoms with Gasteiger partial charge in [-0.25, -0.2) is 0 Å². The number of amides is 1. The lowest BCUT2D eigenvalue weighted by Gasteiger charge is -2.06. The monoisotopic (exact) mass is 311 g/mol. The molecule has 0 aliphatic heterocycles. The van der Waals surface area contributed by atoms with Crippen molar-refractivity contribution in [1.29, 1.82) is 0 Å². The van der Waals surface area contributed by atoms with Gasteiger partial charge in [0.15, 0.2) is 0 Å². The lowest BCUT2D eigenvalue weighted by Crippen LogP contribution is -2.25. The third-order valence-corrected chi connectivity index (χ3v) is 3.38. The Morgan fingerprint density at radius 1 is 1.44 bits per heavy atom. The summed E-state index contributed by atoms with van der Waals surface area (Å²) < 4.78 is 6.42. The van der Waals surface area contributed by atoms with Crippen molar-refractivity contribution in [3.8, 4) is 0 Å². The molecule has 4 heteroatoms. The fourth-order valence-electron chi connectivity index (χ4n) is 1.64. The molecule has 1 aromatic carbocycles. The van der Waals surface area contributed by atoms with Crippen molar-refractivity contribution in [2.24, 2.45) is 5.92 Å². The SMILES string of the molecule is O=C(NCCCOCC1CC1)c1cccc(Br)c1. The summed E-state index contributed by atoms with van der Waals surface area (Å²) in [7, 11) is 0. The number of rotatable bonds is 7. The maximum atomic E-state index is 11.8. The minimum absolute atomic E-state index is 0.0292. The third kappa shape index (κ3) is 4.78. The molecule has 1 aliphatic carbocycles. The van der Waals surface area contributed by atoms with Crippen molar-refractivity contribution in [2.45, 2.75) is 19.3 Å². The highest BCUT2D eigenvalue weighted by atomic mass is 79.9. The number of ether oxygens (including phenoxy) is 1. The zero-order chi connectivity index (χ0) is 12.8. The van der Waals surface area contributed by atoms with E-state index in [9.17, 15) is 4.79 Å². The minimum atomic E-state index is -0.0292. The van der Waals surface area contributed by atoms with Gasteiger partial charge in [-0.05, 0) is 43.4 Å². The van der Waals surface area contributed by atoms with Gasteiger partial charge in [-0.15, -0.1) is 0 Å². The van der Waals surface area contributed by atoms with E-state index >= 15 is 0 Å². The van der Waals surface area contributed by atoms with Crippen LogP contribution in [-0.2, 0) is 4.74 Å². The maximum Gasteiger partial charge on any atom is 0.251 e. The Morgan fingerprint density at radius 3 is 3.00 bits per heavy atom. The Kier molecular flexibility index (Phi) is 5.20. The Balaban J connectivity index is 1.59. The number of hydrogen-bond donors (Lipinski definition) is 1. The summed E-state index contributed by atoms with van der Waals surface area (Å²) in [5, 5.41) is 2.89. The van der Waals surface area contributed by atoms with Crippen LogP contribution in [0.25, 0.3) is 0 Å². The van der Waals surface area contributed by atoms with Gasteiger partial charge < -0.3 is 10.1 Å². The summed E-state index contributed by atoms with van der Waals surface area (Å²) in [6.07, 6.45) is 3.51. The van der Waals surface area contributed by atoms with Crippen LogP contribution in [0.5, 0.6) is 0 Å². The van der Waals surface area contributed by atoms with Crippen molar-refractivity contribution in [3.05, 3.63) is 34.3 Å². The predicted molar refractivity (Wildman–Crippen MR) is 74.6 cm³/mol. The fourth-order valence-corrected chi connectivity index (χ4v) is 2.04. The minimum Gasteiger partial charge on any atom is -0.381 e. The second-order valence-corrected chi connectivity index (χ2v) is 5.55. The molecule has 1 N–H and O–H groups in total. The van der Waals surface area contributed by atoms with Gasteiger partial charge in [-0.3, -0.25) is 4.79 Å². The van der Waals surface area contributed by atoms with Gasteiger partial charge in [0.1, 0.15) is 0 Å². The van der Waals surface area contributed by atoms with Crippen molar-refractivity contribution in [2.75, 3.05) is 19.8 Å². The van der Waals surface area contributed by atoms with E-state index in [1.807, 2.05) is 24.3 Å². The van der Waals surface area contributed by atoms with Crippen LogP contribution < -0.4 is 5.32 Å². The molecule has 0 unspecified atom stereocenters. The number of carbonyl (C=O) groups is 1. The number of hydrogen-bond acceptors (Lipinski definition) is 2. The topological polar surface area (TPSA) is 38.3 Å². The molecular formula is C14H18BrNO2. The smallest absolute Gasteiger partial charge is 0.251 e. The number of benzene rings is 1. The summed E-state index contributed by atoms with van der Waals surface area (Å²) >= 11 is 3.35. The van der Waals surface area contributed by atoms with E-state index in [0.29, 0.717) is 12.1 Å². The Morgan fingerprint density at radius 2 is 2.28 bits per heavy atom. The largest absolute Gasteiger partial charge is 0.381 e. The van der Waals surface area contributed by atoms with Gasteiger partial charge in [0, 0.05) is 29.8 Å². The molecule has 0 bridgehead atoms. The molecule has 1 aliphatic rings. The average molecular weight is 312 g/mol. The molecule has 0 atom stereocenters. The summed E-state index contributed by atoms with van der Waals surface area (Å²) in [5.74, 6) is 0.778. The molecule has 0 saturated heterocycles. The van der Waals surface area contributed by atoms with Crippen LogP contribution in [0.2, 0.25) is 0 Å². The van der Waals surface area contributed by atoms with E-state index in [1.165, 1.54) is 12.8 Å². The van der Waals surface area contributed by atoms with Gasteiger partial charge >= 0.3 is 0 Å². The Labute approximate surface area is 116 Å². The molecule has 1 saturated carbocycles. The first-order chi connectivity index (χ1) is 8.75. The molecule has 2 rings (SSSR count). The van der Waals surface area contributed by atoms with Gasteiger partial charge in [0.25, 0.3) is 5.91 Å². The van der Waals surface area contributed by atoms with Crippen molar-refractivity contribution in [3.63, 3.8) is 0 Å². The maximum absolute atomic E-state index is 11.8. The highest BCUT2D eigenvalue weighted by Gasteiger charge is 2.20. The first-order valence-electron chi connectivity index (χ1n) is 6.37. The third-order valence-electron chi connectivity index (χ3n) is 2.89. The summed E-state index contributed by atoms with van der Waals surface area (Å²) in [6, 6.07) is 7.39. The molecule has 3 nitrogen and oxygen atoms in total. The lowest BCUT2D eigenvalue weighted by molar-refractivity contribution is 0.0937. The first-order valence-corrected chi connectivity index (χ1v) is 7.16. The second kappa shape index (κ2) is 6.90. The molecule has 18 heavy (non-hydrogen) atoms. The normalized spacial score (nSPS) is 14.5. The number of carbonyl (C=O) groups excluding carboxylic acids is 1. The fraction of sp³-hybridized carbons (Fsp3) is 0.500. The highest BCUT2D eigenvalue weighted by Crippen LogP contribution is 2.28. The molecule has 98 valence electrons. The number of halogens is 1.